The number of nitrogens with zero attached hydrogens (tertiary/aromatic N) is 1. The molecule has 34 heavy (non-hydrogen) atoms. The molecule has 2 aromatic rings. The minimum atomic E-state index is -0.835. The normalized spacial score (nSPS) is 29.2. The number of piperidine rings is 1. The number of alkyl carbamates (subject to hydrolysis) is 1. The molecule has 0 unspecified atom stereocenters. The molecule has 2 aromatic carbocycles. The number of hydrogen-bond donors (Lipinski definition) is 2. The molecule has 0 bridgehead atoms. The first-order valence-corrected chi connectivity index (χ1v) is 12.6. The quantitative estimate of drug-likeness (QED) is 0.641. The topological polar surface area (TPSA) is 71.0 Å². The zero-order valence-electron chi connectivity index (χ0n) is 20.0. The van der Waals surface area contributed by atoms with Gasteiger partial charge in [-0.15, -0.1) is 0 Å². The van der Waals surface area contributed by atoms with Gasteiger partial charge in [-0.1, -0.05) is 42.5 Å². The Labute approximate surface area is 202 Å². The lowest BCUT2D eigenvalue weighted by Crippen LogP contribution is -2.67. The summed E-state index contributed by atoms with van der Waals surface area (Å²) in [5.41, 5.74) is 0.798. The molecule has 2 aliphatic carbocycles. The highest BCUT2D eigenvalue weighted by atomic mass is 16.5. The molecule has 0 radical (unpaired) electrons. The van der Waals surface area contributed by atoms with Gasteiger partial charge in [0.2, 0.25) is 0 Å². The van der Waals surface area contributed by atoms with Gasteiger partial charge in [0, 0.05) is 24.5 Å². The molecule has 182 valence electrons. The highest BCUT2D eigenvalue weighted by Crippen LogP contribution is 2.52. The average molecular weight is 465 g/mol. The van der Waals surface area contributed by atoms with E-state index in [1.807, 2.05) is 42.5 Å². The lowest BCUT2D eigenvalue weighted by Gasteiger charge is -2.58. The Bertz CT molecular complexity index is 995. The molecule has 1 saturated heterocycles. The van der Waals surface area contributed by atoms with Gasteiger partial charge in [-0.3, -0.25) is 0 Å². The summed E-state index contributed by atoms with van der Waals surface area (Å²) in [6.45, 7) is 2.98. The Morgan fingerprint density at radius 1 is 1.12 bits per heavy atom. The van der Waals surface area contributed by atoms with Gasteiger partial charge < -0.3 is 24.8 Å². The Kier molecular flexibility index (Phi) is 6.54. The average Bonchev–Trinajstić information content (AvgIpc) is 3.67. The first-order valence-electron chi connectivity index (χ1n) is 12.6. The van der Waals surface area contributed by atoms with Crippen molar-refractivity contribution < 1.29 is 19.4 Å². The van der Waals surface area contributed by atoms with Crippen molar-refractivity contribution >= 4 is 6.09 Å². The lowest BCUT2D eigenvalue weighted by molar-refractivity contribution is -0.126. The van der Waals surface area contributed by atoms with Crippen molar-refractivity contribution in [2.45, 2.75) is 62.2 Å². The van der Waals surface area contributed by atoms with E-state index in [1.165, 1.54) is 12.8 Å². The number of nitrogens with one attached hydrogen (secondary N) is 1. The minimum absolute atomic E-state index is 0.0512. The number of benzene rings is 2. The summed E-state index contributed by atoms with van der Waals surface area (Å²) < 4.78 is 11.0. The van der Waals surface area contributed by atoms with Gasteiger partial charge in [0.15, 0.2) is 0 Å². The highest BCUT2D eigenvalue weighted by molar-refractivity contribution is 5.67. The lowest BCUT2D eigenvalue weighted by atomic mass is 9.55. The summed E-state index contributed by atoms with van der Waals surface area (Å²) in [7, 11) is 1.68. The van der Waals surface area contributed by atoms with E-state index >= 15 is 0 Å². The van der Waals surface area contributed by atoms with Crippen molar-refractivity contribution in [2.24, 2.45) is 5.92 Å². The van der Waals surface area contributed by atoms with E-state index in [4.69, 9.17) is 9.47 Å². The van der Waals surface area contributed by atoms with Crippen LogP contribution in [0.15, 0.2) is 54.6 Å². The highest BCUT2D eigenvalue weighted by Gasteiger charge is 2.58. The van der Waals surface area contributed by atoms with Crippen LogP contribution in [0.25, 0.3) is 0 Å². The van der Waals surface area contributed by atoms with Crippen LogP contribution in [0.1, 0.15) is 49.7 Å². The van der Waals surface area contributed by atoms with Crippen molar-refractivity contribution in [3.05, 3.63) is 65.7 Å². The van der Waals surface area contributed by atoms with Crippen molar-refractivity contribution in [2.75, 3.05) is 26.7 Å². The van der Waals surface area contributed by atoms with Gasteiger partial charge in [-0.05, 0) is 74.2 Å². The molecule has 1 amide bonds. The maximum atomic E-state index is 12.6. The fourth-order valence-electron chi connectivity index (χ4n) is 6.06. The van der Waals surface area contributed by atoms with Crippen LogP contribution in [-0.4, -0.2) is 54.5 Å². The predicted molar refractivity (Wildman–Crippen MR) is 131 cm³/mol. The van der Waals surface area contributed by atoms with E-state index in [0.717, 1.165) is 48.7 Å². The standard InChI is InChI=1S/C28H36N2O4/c1-33-25-9-5-8-23(16-25)27-14-15-30(18-21-10-11-21)20-28(27,32)13-12-24(17-27)29-26(31)34-19-22-6-3-2-4-7-22/h2-9,16,21,24,32H,10-15,17-20H2,1H3,(H,29,31)/t24-,27+,28+/m1/s1. The maximum Gasteiger partial charge on any atom is 0.407 e. The second-order valence-electron chi connectivity index (χ2n) is 10.4. The van der Waals surface area contributed by atoms with E-state index < -0.39 is 17.1 Å². The number of aliphatic hydroxyl groups is 1. The summed E-state index contributed by atoms with van der Waals surface area (Å²) >= 11 is 0. The first kappa shape index (κ1) is 23.2. The van der Waals surface area contributed by atoms with Gasteiger partial charge >= 0.3 is 6.09 Å². The van der Waals surface area contributed by atoms with Crippen LogP contribution in [0.5, 0.6) is 5.75 Å². The number of hydrogen-bond acceptors (Lipinski definition) is 5. The van der Waals surface area contributed by atoms with Crippen molar-refractivity contribution in [1.29, 1.82) is 0 Å². The summed E-state index contributed by atoms with van der Waals surface area (Å²) in [6.07, 6.45) is 5.16. The summed E-state index contributed by atoms with van der Waals surface area (Å²) in [4.78, 5) is 15.1. The number of carbonyl (C=O) groups is 1. The van der Waals surface area contributed by atoms with Gasteiger partial charge in [-0.25, -0.2) is 4.79 Å². The molecule has 2 saturated carbocycles. The third-order valence-electron chi connectivity index (χ3n) is 8.10. The van der Waals surface area contributed by atoms with Crippen LogP contribution < -0.4 is 10.1 Å². The second kappa shape index (κ2) is 9.59. The molecule has 5 rings (SSSR count). The van der Waals surface area contributed by atoms with Crippen LogP contribution in [-0.2, 0) is 16.8 Å². The Morgan fingerprint density at radius 2 is 1.94 bits per heavy atom. The molecule has 6 nitrogen and oxygen atoms in total. The number of β-amino-alcohol motifs (C(OH)–C–C–N with tert-alkyl or cyclic N) is 1. The van der Waals surface area contributed by atoms with Crippen LogP contribution in [0.2, 0.25) is 0 Å². The number of fused-ring (bicyclic) bond motifs is 1. The number of carbonyl (C=O) groups excluding carboxylic acids is 1. The van der Waals surface area contributed by atoms with Gasteiger partial charge in [0.05, 0.1) is 12.7 Å². The molecule has 3 fully saturated rings. The fourth-order valence-corrected chi connectivity index (χ4v) is 6.06. The smallest absolute Gasteiger partial charge is 0.407 e. The molecule has 1 heterocycles. The molecular weight excluding hydrogens is 428 g/mol. The molecule has 0 aromatic heterocycles. The third kappa shape index (κ3) is 4.80. The van der Waals surface area contributed by atoms with Crippen LogP contribution in [0, 0.1) is 5.92 Å². The van der Waals surface area contributed by atoms with Gasteiger partial charge in [0.25, 0.3) is 0 Å². The third-order valence-corrected chi connectivity index (χ3v) is 8.10. The molecule has 3 aliphatic rings. The van der Waals surface area contributed by atoms with E-state index in [0.29, 0.717) is 19.4 Å². The first-order chi connectivity index (χ1) is 16.5. The zero-order chi connectivity index (χ0) is 23.6. The van der Waals surface area contributed by atoms with Crippen molar-refractivity contribution in [3.63, 3.8) is 0 Å². The molecule has 2 N–H and O–H groups in total. The van der Waals surface area contributed by atoms with E-state index in [-0.39, 0.29) is 12.6 Å². The van der Waals surface area contributed by atoms with Crippen LogP contribution in [0.3, 0.4) is 0 Å². The van der Waals surface area contributed by atoms with E-state index in [2.05, 4.69) is 22.3 Å². The fraction of sp³-hybridized carbons (Fsp3) is 0.536. The molecule has 1 aliphatic heterocycles. The monoisotopic (exact) mass is 464 g/mol. The largest absolute Gasteiger partial charge is 0.497 e. The summed E-state index contributed by atoms with van der Waals surface area (Å²) in [5, 5.41) is 15.2. The molecular formula is C28H36N2O4. The van der Waals surface area contributed by atoms with E-state index in [1.54, 1.807) is 7.11 Å². The van der Waals surface area contributed by atoms with Crippen molar-refractivity contribution in [1.82, 2.24) is 10.2 Å². The number of methoxy groups -OCH3 is 1. The maximum absolute atomic E-state index is 12.6. The summed E-state index contributed by atoms with van der Waals surface area (Å²) in [6, 6.07) is 17.8. The van der Waals surface area contributed by atoms with Gasteiger partial charge in [0.1, 0.15) is 12.4 Å². The number of ether oxygens (including phenoxy) is 2. The van der Waals surface area contributed by atoms with Crippen LogP contribution in [0.4, 0.5) is 4.79 Å². The number of amides is 1. The molecule has 0 spiro atoms. The number of likely N-dealkylation sites (tertiary alicyclic amines) is 1. The predicted octanol–water partition coefficient (Wildman–Crippen LogP) is 4.26. The zero-order valence-corrected chi connectivity index (χ0v) is 20.0. The Hall–Kier alpha value is -2.57. The SMILES string of the molecule is COc1cccc([C@@]23CCN(CC4CC4)C[C@@]2(O)CC[C@@H](NC(=O)OCc2ccccc2)C3)c1. The minimum Gasteiger partial charge on any atom is -0.497 e. The number of rotatable bonds is 7. The molecule has 3 atom stereocenters. The van der Waals surface area contributed by atoms with Crippen LogP contribution >= 0.6 is 0 Å². The van der Waals surface area contributed by atoms with E-state index in [9.17, 15) is 9.90 Å². The molecule has 6 heteroatoms. The Balaban J connectivity index is 1.33. The Morgan fingerprint density at radius 3 is 2.71 bits per heavy atom. The second-order valence-corrected chi connectivity index (χ2v) is 10.4. The van der Waals surface area contributed by atoms with Crippen molar-refractivity contribution in [3.8, 4) is 5.75 Å². The summed E-state index contributed by atoms with van der Waals surface area (Å²) in [5.74, 6) is 1.59. The van der Waals surface area contributed by atoms with Gasteiger partial charge in [-0.2, -0.15) is 0 Å².